The molecule has 1 aliphatic heterocycles. The lowest BCUT2D eigenvalue weighted by Gasteiger charge is -2.27. The minimum atomic E-state index is -0.178. The molecule has 3 heterocycles. The quantitative estimate of drug-likeness (QED) is 0.873. The average Bonchev–Trinajstić information content (AvgIpc) is 3.00. The number of nitrogens with one attached hydrogen (secondary N) is 1. The summed E-state index contributed by atoms with van der Waals surface area (Å²) in [6.45, 7) is 4.07. The molecular weight excluding hydrogens is 308 g/mol. The number of anilines is 2. The molecule has 23 heavy (non-hydrogen) atoms. The number of piperidine rings is 1. The van der Waals surface area contributed by atoms with Gasteiger partial charge in [-0.05, 0) is 44.4 Å². The molecule has 1 fully saturated rings. The second-order valence-corrected chi connectivity index (χ2v) is 6.63. The summed E-state index contributed by atoms with van der Waals surface area (Å²) in [7, 11) is 0. The van der Waals surface area contributed by atoms with Crippen LogP contribution in [0.1, 0.15) is 30.0 Å². The van der Waals surface area contributed by atoms with Gasteiger partial charge in [-0.15, -0.1) is 11.3 Å². The van der Waals surface area contributed by atoms with E-state index in [4.69, 9.17) is 0 Å². The molecule has 3 rings (SSSR count). The maximum absolute atomic E-state index is 11.9. The van der Waals surface area contributed by atoms with Crippen LogP contribution < -0.4 is 10.2 Å². The number of nitrogens with zero attached hydrogens (tertiary/aromatic N) is 3. The van der Waals surface area contributed by atoms with Crippen molar-refractivity contribution in [2.75, 3.05) is 23.3 Å². The van der Waals surface area contributed by atoms with Crippen LogP contribution in [0.2, 0.25) is 0 Å². The van der Waals surface area contributed by atoms with Crippen LogP contribution in [-0.2, 0) is 4.79 Å². The molecule has 0 aliphatic carbocycles. The number of hydrogen-bond acceptors (Lipinski definition) is 5. The van der Waals surface area contributed by atoms with E-state index in [9.17, 15) is 4.79 Å². The Morgan fingerprint density at radius 1 is 1.30 bits per heavy atom. The second-order valence-electron chi connectivity index (χ2n) is 5.57. The summed E-state index contributed by atoms with van der Waals surface area (Å²) in [4.78, 5) is 23.0. The highest BCUT2D eigenvalue weighted by Crippen LogP contribution is 2.19. The highest BCUT2D eigenvalue weighted by molar-refractivity contribution is 7.09. The van der Waals surface area contributed by atoms with E-state index in [0.29, 0.717) is 5.69 Å². The molecule has 1 N–H and O–H groups in total. The number of amides is 1. The lowest BCUT2D eigenvalue weighted by atomic mass is 10.1. The van der Waals surface area contributed by atoms with E-state index in [0.717, 1.165) is 29.6 Å². The first kappa shape index (κ1) is 15.7. The van der Waals surface area contributed by atoms with Gasteiger partial charge in [0.15, 0.2) is 0 Å². The first-order chi connectivity index (χ1) is 11.2. The van der Waals surface area contributed by atoms with Crippen molar-refractivity contribution in [2.24, 2.45) is 0 Å². The predicted octanol–water partition coefficient (Wildman–Crippen LogP) is 3.49. The van der Waals surface area contributed by atoms with Crippen LogP contribution in [0.3, 0.4) is 0 Å². The molecule has 6 heteroatoms. The largest absolute Gasteiger partial charge is 0.357 e. The Balaban J connectivity index is 1.57. The monoisotopic (exact) mass is 328 g/mol. The van der Waals surface area contributed by atoms with Crippen LogP contribution in [0.15, 0.2) is 29.8 Å². The molecule has 1 amide bonds. The minimum absolute atomic E-state index is 0.178. The van der Waals surface area contributed by atoms with Gasteiger partial charge in [0, 0.05) is 24.5 Å². The summed E-state index contributed by atoms with van der Waals surface area (Å²) in [5.41, 5.74) is 1.51. The number of rotatable bonds is 4. The molecule has 0 unspecified atom stereocenters. The average molecular weight is 328 g/mol. The standard InChI is InChI=1S/C17H20N4OS/c1-13-19-15(12-23-13)6-8-17(22)20-14-5-7-16(18-11-14)21-9-3-2-4-10-21/h5-8,11-12H,2-4,9-10H2,1H3,(H,20,22)/b8-6-. The number of carbonyl (C=O) groups excluding carboxylic acids is 1. The first-order valence-corrected chi connectivity index (χ1v) is 8.71. The Bertz CT molecular complexity index is 687. The van der Waals surface area contributed by atoms with Gasteiger partial charge in [-0.1, -0.05) is 0 Å². The van der Waals surface area contributed by atoms with Gasteiger partial charge in [-0.3, -0.25) is 4.79 Å². The second kappa shape index (κ2) is 7.37. The molecule has 0 atom stereocenters. The Hall–Kier alpha value is -2.21. The summed E-state index contributed by atoms with van der Waals surface area (Å²) >= 11 is 1.57. The molecule has 0 saturated carbocycles. The summed E-state index contributed by atoms with van der Waals surface area (Å²) in [5, 5.41) is 5.73. The number of aryl methyl sites for hydroxylation is 1. The summed E-state index contributed by atoms with van der Waals surface area (Å²) in [5.74, 6) is 0.805. The first-order valence-electron chi connectivity index (χ1n) is 7.83. The van der Waals surface area contributed by atoms with Gasteiger partial charge in [-0.25, -0.2) is 9.97 Å². The number of thiazole rings is 1. The maximum Gasteiger partial charge on any atom is 0.248 e. The van der Waals surface area contributed by atoms with Crippen molar-refractivity contribution in [3.63, 3.8) is 0 Å². The maximum atomic E-state index is 11.9. The van der Waals surface area contributed by atoms with E-state index in [2.05, 4.69) is 20.2 Å². The van der Waals surface area contributed by atoms with Gasteiger partial charge in [-0.2, -0.15) is 0 Å². The van der Waals surface area contributed by atoms with E-state index in [1.165, 1.54) is 25.3 Å². The van der Waals surface area contributed by atoms with Crippen LogP contribution >= 0.6 is 11.3 Å². The van der Waals surface area contributed by atoms with E-state index in [-0.39, 0.29) is 5.91 Å². The van der Waals surface area contributed by atoms with Crippen molar-refractivity contribution in [1.82, 2.24) is 9.97 Å². The topological polar surface area (TPSA) is 58.1 Å². The molecular formula is C17H20N4OS. The Morgan fingerprint density at radius 2 is 2.13 bits per heavy atom. The molecule has 1 saturated heterocycles. The highest BCUT2D eigenvalue weighted by Gasteiger charge is 2.11. The molecule has 0 radical (unpaired) electrons. The zero-order valence-electron chi connectivity index (χ0n) is 13.2. The normalized spacial score (nSPS) is 15.1. The zero-order valence-corrected chi connectivity index (χ0v) is 14.0. The highest BCUT2D eigenvalue weighted by atomic mass is 32.1. The zero-order chi connectivity index (χ0) is 16.1. The predicted molar refractivity (Wildman–Crippen MR) is 94.8 cm³/mol. The third-order valence-electron chi connectivity index (χ3n) is 3.74. The summed E-state index contributed by atoms with van der Waals surface area (Å²) < 4.78 is 0. The number of hydrogen-bond donors (Lipinski definition) is 1. The van der Waals surface area contributed by atoms with Crippen LogP contribution in [0.4, 0.5) is 11.5 Å². The van der Waals surface area contributed by atoms with Gasteiger partial charge >= 0.3 is 0 Å². The third-order valence-corrected chi connectivity index (χ3v) is 4.53. The van der Waals surface area contributed by atoms with Crippen molar-refractivity contribution in [3.8, 4) is 0 Å². The van der Waals surface area contributed by atoms with Crippen LogP contribution in [0.5, 0.6) is 0 Å². The third kappa shape index (κ3) is 4.39. The van der Waals surface area contributed by atoms with Gasteiger partial charge in [0.25, 0.3) is 0 Å². The van der Waals surface area contributed by atoms with Crippen LogP contribution in [0, 0.1) is 6.92 Å². The minimum Gasteiger partial charge on any atom is -0.357 e. The number of aromatic nitrogens is 2. The molecule has 2 aromatic rings. The van der Waals surface area contributed by atoms with Crippen molar-refractivity contribution in [1.29, 1.82) is 0 Å². The lowest BCUT2D eigenvalue weighted by Crippen LogP contribution is -2.30. The smallest absolute Gasteiger partial charge is 0.248 e. The number of carbonyl (C=O) groups is 1. The molecule has 120 valence electrons. The van der Waals surface area contributed by atoms with Crippen molar-refractivity contribution in [2.45, 2.75) is 26.2 Å². The summed E-state index contributed by atoms with van der Waals surface area (Å²) in [6, 6.07) is 3.87. The Morgan fingerprint density at radius 3 is 2.78 bits per heavy atom. The van der Waals surface area contributed by atoms with Gasteiger partial charge < -0.3 is 10.2 Å². The van der Waals surface area contributed by atoms with E-state index in [1.54, 1.807) is 23.6 Å². The fourth-order valence-corrected chi connectivity index (χ4v) is 3.15. The Kier molecular flexibility index (Phi) is 5.02. The fraction of sp³-hybridized carbons (Fsp3) is 0.353. The van der Waals surface area contributed by atoms with Gasteiger partial charge in [0.1, 0.15) is 5.82 Å². The van der Waals surface area contributed by atoms with Crippen LogP contribution in [-0.4, -0.2) is 29.0 Å². The molecule has 1 aliphatic rings. The fourth-order valence-electron chi connectivity index (χ4n) is 2.57. The SMILES string of the molecule is Cc1nc(/C=C\C(=O)Nc2ccc(N3CCCCC3)nc2)cs1. The van der Waals surface area contributed by atoms with Crippen molar-refractivity contribution < 1.29 is 4.79 Å². The van der Waals surface area contributed by atoms with Crippen molar-refractivity contribution in [3.05, 3.63) is 40.5 Å². The Labute approximate surface area is 140 Å². The van der Waals surface area contributed by atoms with Crippen molar-refractivity contribution >= 4 is 34.8 Å². The molecule has 0 aromatic carbocycles. The summed E-state index contributed by atoms with van der Waals surface area (Å²) in [6.07, 6.45) is 8.67. The van der Waals surface area contributed by atoms with E-state index in [1.807, 2.05) is 24.4 Å². The molecule has 5 nitrogen and oxygen atoms in total. The molecule has 0 spiro atoms. The van der Waals surface area contributed by atoms with E-state index >= 15 is 0 Å². The van der Waals surface area contributed by atoms with Crippen LogP contribution in [0.25, 0.3) is 6.08 Å². The molecule has 0 bridgehead atoms. The van der Waals surface area contributed by atoms with E-state index < -0.39 is 0 Å². The molecule has 2 aromatic heterocycles. The van der Waals surface area contributed by atoms with Gasteiger partial charge in [0.05, 0.1) is 22.6 Å². The number of pyridine rings is 1. The lowest BCUT2D eigenvalue weighted by molar-refractivity contribution is -0.111. The van der Waals surface area contributed by atoms with Gasteiger partial charge in [0.2, 0.25) is 5.91 Å².